The summed E-state index contributed by atoms with van der Waals surface area (Å²) in [6.07, 6.45) is 0.724. The number of carbonyl (C=O) groups excluding carboxylic acids is 1. The summed E-state index contributed by atoms with van der Waals surface area (Å²) in [5, 5.41) is 7.88. The molecule has 2 rings (SSSR count). The first-order valence-electron chi connectivity index (χ1n) is 5.08. The van der Waals surface area contributed by atoms with Gasteiger partial charge in [0.05, 0.1) is 6.42 Å². The predicted molar refractivity (Wildman–Crippen MR) is 61.4 cm³/mol. The maximum absolute atomic E-state index is 11.2. The molecule has 0 N–H and O–H groups in total. The molecule has 0 aliphatic carbocycles. The zero-order chi connectivity index (χ0) is 11.5. The highest BCUT2D eigenvalue weighted by Crippen LogP contribution is 2.24. The van der Waals surface area contributed by atoms with Crippen LogP contribution in [-0.4, -0.2) is 15.9 Å². The number of ketones is 1. The van der Waals surface area contributed by atoms with Crippen molar-refractivity contribution >= 4 is 17.1 Å². The van der Waals surface area contributed by atoms with Gasteiger partial charge in [0.15, 0.2) is 0 Å². The van der Waals surface area contributed by atoms with Gasteiger partial charge in [0.1, 0.15) is 5.78 Å². The van der Waals surface area contributed by atoms with Crippen LogP contribution in [0, 0.1) is 6.92 Å². The molecule has 2 aromatic rings. The van der Waals surface area contributed by atoms with E-state index in [2.05, 4.69) is 10.1 Å². The van der Waals surface area contributed by atoms with Crippen LogP contribution >= 0.6 is 11.3 Å². The van der Waals surface area contributed by atoms with Crippen molar-refractivity contribution in [1.29, 1.82) is 0 Å². The lowest BCUT2D eigenvalue weighted by Crippen LogP contribution is -2.00. The minimum atomic E-state index is 0.109. The Hall–Kier alpha value is -1.49. The van der Waals surface area contributed by atoms with Gasteiger partial charge in [0.25, 0.3) is 0 Å². The largest absolute Gasteiger partial charge is 0.338 e. The molecule has 0 fully saturated rings. The molecule has 0 saturated heterocycles. The highest BCUT2D eigenvalue weighted by Gasteiger charge is 2.13. The number of hydrogen-bond acceptors (Lipinski definition) is 5. The standard InChI is InChI=1S/C11H12N2O2S/c1-3-8(14)4-10-12-11(13-15-10)9-6-16-5-7(9)2/h5-6H,3-4H2,1-2H3. The van der Waals surface area contributed by atoms with Gasteiger partial charge in [-0.3, -0.25) is 4.79 Å². The summed E-state index contributed by atoms with van der Waals surface area (Å²) >= 11 is 1.60. The van der Waals surface area contributed by atoms with E-state index in [0.717, 1.165) is 11.1 Å². The van der Waals surface area contributed by atoms with Crippen LogP contribution in [0.2, 0.25) is 0 Å². The summed E-state index contributed by atoms with van der Waals surface area (Å²) in [6, 6.07) is 0. The third-order valence-electron chi connectivity index (χ3n) is 2.31. The molecule has 0 saturated carbocycles. The Labute approximate surface area is 97.3 Å². The predicted octanol–water partition coefficient (Wildman–Crippen LogP) is 2.63. The number of thiophene rings is 1. The molecular formula is C11H12N2O2S. The first-order chi connectivity index (χ1) is 7.70. The lowest BCUT2D eigenvalue weighted by Gasteiger charge is -1.90. The smallest absolute Gasteiger partial charge is 0.234 e. The molecule has 16 heavy (non-hydrogen) atoms. The Bertz CT molecular complexity index is 502. The number of aromatic nitrogens is 2. The molecule has 2 heterocycles. The van der Waals surface area contributed by atoms with Crippen LogP contribution in [0.5, 0.6) is 0 Å². The van der Waals surface area contributed by atoms with Gasteiger partial charge < -0.3 is 4.52 Å². The fourth-order valence-electron chi connectivity index (χ4n) is 1.32. The van der Waals surface area contributed by atoms with Crippen LogP contribution in [0.4, 0.5) is 0 Å². The summed E-state index contributed by atoms with van der Waals surface area (Å²) in [5.41, 5.74) is 2.10. The minimum Gasteiger partial charge on any atom is -0.338 e. The van der Waals surface area contributed by atoms with Crippen LogP contribution in [0.25, 0.3) is 11.4 Å². The highest BCUT2D eigenvalue weighted by molar-refractivity contribution is 7.08. The second kappa shape index (κ2) is 4.57. The van der Waals surface area contributed by atoms with Crippen LogP contribution in [0.15, 0.2) is 15.3 Å². The molecule has 0 amide bonds. The van der Waals surface area contributed by atoms with Gasteiger partial charge >= 0.3 is 0 Å². The fourth-order valence-corrected chi connectivity index (χ4v) is 2.15. The van der Waals surface area contributed by atoms with Crippen molar-refractivity contribution < 1.29 is 9.32 Å². The van der Waals surface area contributed by atoms with Gasteiger partial charge in [-0.15, -0.1) is 0 Å². The molecule has 5 heteroatoms. The fraction of sp³-hybridized carbons (Fsp3) is 0.364. The molecule has 4 nitrogen and oxygen atoms in total. The molecule has 0 aliphatic heterocycles. The molecular weight excluding hydrogens is 224 g/mol. The second-order valence-corrected chi connectivity index (χ2v) is 4.29. The van der Waals surface area contributed by atoms with Crippen LogP contribution in [0.1, 0.15) is 24.8 Å². The Balaban J connectivity index is 2.20. The summed E-state index contributed by atoms with van der Waals surface area (Å²) in [5.74, 6) is 1.07. The van der Waals surface area contributed by atoms with Crippen molar-refractivity contribution in [1.82, 2.24) is 10.1 Å². The molecule has 0 spiro atoms. The molecule has 0 unspecified atom stereocenters. The van der Waals surface area contributed by atoms with E-state index in [1.807, 2.05) is 24.6 Å². The molecule has 0 aliphatic rings. The van der Waals surface area contributed by atoms with Crippen LogP contribution in [-0.2, 0) is 11.2 Å². The number of hydrogen-bond donors (Lipinski definition) is 0. The van der Waals surface area contributed by atoms with E-state index in [1.165, 1.54) is 0 Å². The van der Waals surface area contributed by atoms with Crippen molar-refractivity contribution in [2.75, 3.05) is 0 Å². The van der Waals surface area contributed by atoms with Gasteiger partial charge in [0.2, 0.25) is 11.7 Å². The van der Waals surface area contributed by atoms with Crippen LogP contribution < -0.4 is 0 Å². The topological polar surface area (TPSA) is 56.0 Å². The Morgan fingerprint density at radius 2 is 2.31 bits per heavy atom. The van der Waals surface area contributed by atoms with Crippen molar-refractivity contribution in [2.24, 2.45) is 0 Å². The normalized spacial score (nSPS) is 10.6. The van der Waals surface area contributed by atoms with Gasteiger partial charge in [-0.2, -0.15) is 16.3 Å². The van der Waals surface area contributed by atoms with E-state index < -0.39 is 0 Å². The Morgan fingerprint density at radius 1 is 1.50 bits per heavy atom. The van der Waals surface area contributed by atoms with E-state index in [0.29, 0.717) is 18.1 Å². The first-order valence-corrected chi connectivity index (χ1v) is 6.02. The number of Topliss-reactive ketones (excluding diaryl/α,β-unsaturated/α-hetero) is 1. The summed E-state index contributed by atoms with van der Waals surface area (Å²) in [7, 11) is 0. The van der Waals surface area contributed by atoms with Gasteiger partial charge in [-0.05, 0) is 17.9 Å². The molecule has 84 valence electrons. The number of nitrogens with zero attached hydrogens (tertiary/aromatic N) is 2. The van der Waals surface area contributed by atoms with E-state index >= 15 is 0 Å². The lowest BCUT2D eigenvalue weighted by atomic mass is 10.2. The monoisotopic (exact) mass is 236 g/mol. The van der Waals surface area contributed by atoms with Crippen molar-refractivity contribution in [3.63, 3.8) is 0 Å². The van der Waals surface area contributed by atoms with Gasteiger partial charge in [-0.1, -0.05) is 12.1 Å². The third-order valence-corrected chi connectivity index (χ3v) is 3.17. The zero-order valence-corrected chi connectivity index (χ0v) is 10.0. The second-order valence-electron chi connectivity index (χ2n) is 3.55. The van der Waals surface area contributed by atoms with Crippen molar-refractivity contribution in [3.05, 3.63) is 22.2 Å². The SMILES string of the molecule is CCC(=O)Cc1nc(-c2cscc2C)no1. The lowest BCUT2D eigenvalue weighted by molar-refractivity contribution is -0.118. The summed E-state index contributed by atoms with van der Waals surface area (Å²) in [6.45, 7) is 3.82. The summed E-state index contributed by atoms with van der Waals surface area (Å²) < 4.78 is 5.04. The maximum atomic E-state index is 11.2. The Kier molecular flexibility index (Phi) is 3.14. The quantitative estimate of drug-likeness (QED) is 0.818. The molecule has 2 aromatic heterocycles. The zero-order valence-electron chi connectivity index (χ0n) is 9.19. The first kappa shape index (κ1) is 11.0. The number of carbonyl (C=O) groups is 1. The molecule has 0 aromatic carbocycles. The van der Waals surface area contributed by atoms with E-state index in [9.17, 15) is 4.79 Å². The highest BCUT2D eigenvalue weighted by atomic mass is 32.1. The van der Waals surface area contributed by atoms with E-state index in [4.69, 9.17) is 4.52 Å². The van der Waals surface area contributed by atoms with Crippen molar-refractivity contribution in [2.45, 2.75) is 26.7 Å². The average molecular weight is 236 g/mol. The molecule has 0 atom stereocenters. The number of aryl methyl sites for hydroxylation is 1. The average Bonchev–Trinajstić information content (AvgIpc) is 2.86. The Morgan fingerprint density at radius 3 is 2.94 bits per heavy atom. The maximum Gasteiger partial charge on any atom is 0.234 e. The van der Waals surface area contributed by atoms with Crippen LogP contribution in [0.3, 0.4) is 0 Å². The van der Waals surface area contributed by atoms with Crippen molar-refractivity contribution in [3.8, 4) is 11.4 Å². The number of rotatable bonds is 4. The van der Waals surface area contributed by atoms with E-state index in [1.54, 1.807) is 11.3 Å². The van der Waals surface area contributed by atoms with E-state index in [-0.39, 0.29) is 12.2 Å². The summed E-state index contributed by atoms with van der Waals surface area (Å²) in [4.78, 5) is 15.4. The minimum absolute atomic E-state index is 0.109. The molecule has 0 bridgehead atoms. The third kappa shape index (κ3) is 2.19. The van der Waals surface area contributed by atoms with Gasteiger partial charge in [-0.25, -0.2) is 0 Å². The molecule has 0 radical (unpaired) electrons. The van der Waals surface area contributed by atoms with Gasteiger partial charge in [0, 0.05) is 17.4 Å².